The zero-order chi connectivity index (χ0) is 16.4. The van der Waals surface area contributed by atoms with E-state index in [9.17, 15) is 12.8 Å². The minimum Gasteiger partial charge on any atom is -0.451 e. The monoisotopic (exact) mass is 334 g/mol. The van der Waals surface area contributed by atoms with Gasteiger partial charge in [-0.1, -0.05) is 12.1 Å². The summed E-state index contributed by atoms with van der Waals surface area (Å²) in [5.74, 6) is -0.488. The molecule has 3 rings (SSSR count). The van der Waals surface area contributed by atoms with Gasteiger partial charge in [0.1, 0.15) is 5.82 Å². The molecule has 0 saturated heterocycles. The highest BCUT2D eigenvalue weighted by molar-refractivity contribution is 7.89. The van der Waals surface area contributed by atoms with Crippen molar-refractivity contribution in [1.82, 2.24) is 9.29 Å². The molecule has 0 radical (unpaired) electrons. The molecule has 0 atom stereocenters. The Morgan fingerprint density at radius 1 is 1.22 bits per heavy atom. The summed E-state index contributed by atoms with van der Waals surface area (Å²) in [5, 5.41) is 2.76. The lowest BCUT2D eigenvalue weighted by Crippen LogP contribution is -2.13. The van der Waals surface area contributed by atoms with Gasteiger partial charge in [0, 0.05) is 18.3 Å². The number of nitrogens with zero attached hydrogens (tertiary/aromatic N) is 1. The summed E-state index contributed by atoms with van der Waals surface area (Å²) in [7, 11) is -2.18. The van der Waals surface area contributed by atoms with Crippen LogP contribution in [0.2, 0.25) is 0 Å². The number of furan rings is 1. The third-order valence-corrected chi connectivity index (χ3v) is 4.94. The van der Waals surface area contributed by atoms with E-state index in [2.05, 4.69) is 5.32 Å². The summed E-state index contributed by atoms with van der Waals surface area (Å²) < 4.78 is 45.7. The molecule has 0 amide bonds. The number of halogens is 1. The lowest BCUT2D eigenvalue weighted by Gasteiger charge is -2.09. The van der Waals surface area contributed by atoms with Crippen molar-refractivity contribution in [2.24, 2.45) is 0 Å². The van der Waals surface area contributed by atoms with Crippen LogP contribution in [0.25, 0.3) is 11.3 Å². The standard InChI is InChI=1S/C16H15FN2O3S/c1-18-10-12-9-15(13-5-2-3-6-14(13)17)19(11-12)23(20,21)16-7-4-8-22-16/h2-9,11,18H,10H2,1H3. The van der Waals surface area contributed by atoms with Gasteiger partial charge in [-0.3, -0.25) is 0 Å². The van der Waals surface area contributed by atoms with Gasteiger partial charge in [0.25, 0.3) is 0 Å². The Bertz CT molecular complexity index is 915. The lowest BCUT2D eigenvalue weighted by molar-refractivity contribution is 0.447. The zero-order valence-electron chi connectivity index (χ0n) is 12.4. The normalized spacial score (nSPS) is 11.7. The first-order chi connectivity index (χ1) is 11.0. The van der Waals surface area contributed by atoms with E-state index in [4.69, 9.17) is 4.42 Å². The van der Waals surface area contributed by atoms with Crippen LogP contribution in [0.1, 0.15) is 5.56 Å². The van der Waals surface area contributed by atoms with Gasteiger partial charge in [0.2, 0.25) is 5.09 Å². The third kappa shape index (κ3) is 2.80. The van der Waals surface area contributed by atoms with E-state index in [-0.39, 0.29) is 16.3 Å². The first kappa shape index (κ1) is 15.5. The maximum atomic E-state index is 14.1. The molecule has 0 unspecified atom stereocenters. The topological polar surface area (TPSA) is 64.2 Å². The number of hydrogen-bond donors (Lipinski definition) is 1. The molecule has 0 aliphatic rings. The highest BCUT2D eigenvalue weighted by Gasteiger charge is 2.25. The van der Waals surface area contributed by atoms with Crippen molar-refractivity contribution < 1.29 is 17.2 Å². The minimum absolute atomic E-state index is 0.193. The van der Waals surface area contributed by atoms with Crippen molar-refractivity contribution in [2.45, 2.75) is 11.6 Å². The lowest BCUT2D eigenvalue weighted by atomic mass is 10.1. The molecule has 2 heterocycles. The van der Waals surface area contributed by atoms with Crippen LogP contribution in [-0.2, 0) is 16.6 Å². The van der Waals surface area contributed by atoms with Crippen molar-refractivity contribution in [2.75, 3.05) is 7.05 Å². The van der Waals surface area contributed by atoms with Crippen molar-refractivity contribution in [3.8, 4) is 11.3 Å². The van der Waals surface area contributed by atoms with Crippen LogP contribution in [0.3, 0.4) is 0 Å². The maximum Gasteiger partial charge on any atom is 0.301 e. The molecule has 0 saturated carbocycles. The van der Waals surface area contributed by atoms with Gasteiger partial charge in [-0.15, -0.1) is 0 Å². The van der Waals surface area contributed by atoms with E-state index in [1.165, 1.54) is 30.7 Å². The second-order valence-corrected chi connectivity index (χ2v) is 6.72. The van der Waals surface area contributed by atoms with E-state index >= 15 is 0 Å². The predicted octanol–water partition coefficient (Wildman–Crippen LogP) is 2.84. The molecule has 0 aliphatic heterocycles. The van der Waals surface area contributed by atoms with Crippen LogP contribution < -0.4 is 5.32 Å². The summed E-state index contributed by atoms with van der Waals surface area (Å²) in [6.45, 7) is 0.460. The van der Waals surface area contributed by atoms with Crippen LogP contribution >= 0.6 is 0 Å². The largest absolute Gasteiger partial charge is 0.451 e. The maximum absolute atomic E-state index is 14.1. The van der Waals surface area contributed by atoms with Crippen LogP contribution in [0.4, 0.5) is 4.39 Å². The van der Waals surface area contributed by atoms with E-state index in [0.29, 0.717) is 6.54 Å². The second kappa shape index (κ2) is 6.02. The van der Waals surface area contributed by atoms with Crippen molar-refractivity contribution >= 4 is 10.0 Å². The molecular weight excluding hydrogens is 319 g/mol. The van der Waals surface area contributed by atoms with Gasteiger partial charge in [-0.05, 0) is 42.9 Å². The summed E-state index contributed by atoms with van der Waals surface area (Å²) in [6.07, 6.45) is 2.75. The first-order valence-corrected chi connectivity index (χ1v) is 8.38. The number of rotatable bonds is 5. The van der Waals surface area contributed by atoms with Gasteiger partial charge in [-0.2, -0.15) is 8.42 Å². The van der Waals surface area contributed by atoms with Crippen molar-refractivity contribution in [3.63, 3.8) is 0 Å². The summed E-state index contributed by atoms with van der Waals surface area (Å²) in [5.41, 5.74) is 1.19. The molecule has 0 fully saturated rings. The molecule has 120 valence electrons. The highest BCUT2D eigenvalue weighted by Crippen LogP contribution is 2.29. The average Bonchev–Trinajstić information content (AvgIpc) is 3.18. The van der Waals surface area contributed by atoms with E-state index in [1.54, 1.807) is 31.3 Å². The molecule has 1 N–H and O–H groups in total. The van der Waals surface area contributed by atoms with Crippen molar-refractivity contribution in [1.29, 1.82) is 0 Å². The van der Waals surface area contributed by atoms with Gasteiger partial charge >= 0.3 is 10.0 Å². The zero-order valence-corrected chi connectivity index (χ0v) is 13.2. The minimum atomic E-state index is -3.93. The Labute approximate surface area is 133 Å². The number of benzene rings is 1. The number of aromatic nitrogens is 1. The van der Waals surface area contributed by atoms with E-state index in [0.717, 1.165) is 9.54 Å². The SMILES string of the molecule is CNCc1cc(-c2ccccc2F)n(S(=O)(=O)c2ccco2)c1. The Balaban J connectivity index is 2.22. The van der Waals surface area contributed by atoms with Gasteiger partial charge < -0.3 is 9.73 Å². The fraction of sp³-hybridized carbons (Fsp3) is 0.125. The number of nitrogens with one attached hydrogen (secondary N) is 1. The predicted molar refractivity (Wildman–Crippen MR) is 83.9 cm³/mol. The van der Waals surface area contributed by atoms with Crippen LogP contribution in [0.15, 0.2) is 64.4 Å². The van der Waals surface area contributed by atoms with E-state index < -0.39 is 15.8 Å². The molecular formula is C16H15FN2O3S. The molecule has 2 aromatic heterocycles. The molecule has 0 spiro atoms. The molecule has 3 aromatic rings. The van der Waals surface area contributed by atoms with Crippen molar-refractivity contribution in [3.05, 3.63) is 66.3 Å². The molecule has 7 heteroatoms. The Morgan fingerprint density at radius 3 is 2.65 bits per heavy atom. The fourth-order valence-corrected chi connectivity index (χ4v) is 3.67. The van der Waals surface area contributed by atoms with Gasteiger partial charge in [-0.25, -0.2) is 8.36 Å². The number of hydrogen-bond acceptors (Lipinski definition) is 4. The van der Waals surface area contributed by atoms with Crippen LogP contribution in [-0.4, -0.2) is 19.4 Å². The van der Waals surface area contributed by atoms with Gasteiger partial charge in [0.05, 0.1) is 12.0 Å². The summed E-state index contributed by atoms with van der Waals surface area (Å²) in [6, 6.07) is 10.6. The van der Waals surface area contributed by atoms with Crippen LogP contribution in [0.5, 0.6) is 0 Å². The average molecular weight is 334 g/mol. The molecule has 5 nitrogen and oxygen atoms in total. The molecule has 0 aliphatic carbocycles. The molecule has 0 bridgehead atoms. The van der Waals surface area contributed by atoms with Crippen LogP contribution in [0, 0.1) is 5.82 Å². The smallest absolute Gasteiger partial charge is 0.301 e. The molecule has 23 heavy (non-hydrogen) atoms. The van der Waals surface area contributed by atoms with E-state index in [1.807, 2.05) is 0 Å². The summed E-state index contributed by atoms with van der Waals surface area (Å²) >= 11 is 0. The quantitative estimate of drug-likeness (QED) is 0.779. The second-order valence-electron chi connectivity index (χ2n) is 4.98. The Morgan fingerprint density at radius 2 is 2.00 bits per heavy atom. The highest BCUT2D eigenvalue weighted by atomic mass is 32.2. The fourth-order valence-electron chi connectivity index (χ4n) is 2.37. The third-order valence-electron chi connectivity index (χ3n) is 3.38. The Kier molecular flexibility index (Phi) is 4.06. The molecule has 1 aromatic carbocycles. The summed E-state index contributed by atoms with van der Waals surface area (Å²) in [4.78, 5) is 0. The van der Waals surface area contributed by atoms with Gasteiger partial charge in [0.15, 0.2) is 0 Å². The first-order valence-electron chi connectivity index (χ1n) is 6.94. The Hall–Kier alpha value is -2.38.